The maximum absolute atomic E-state index is 13.7. The number of alkyl halides is 3. The molecule has 0 bridgehead atoms. The van der Waals surface area contributed by atoms with Crippen molar-refractivity contribution in [3.05, 3.63) is 71.2 Å². The van der Waals surface area contributed by atoms with Crippen molar-refractivity contribution in [1.82, 2.24) is 9.78 Å². The van der Waals surface area contributed by atoms with Crippen LogP contribution in [-0.2, 0) is 0 Å². The Hall–Kier alpha value is -3.56. The number of hydrogen-bond donors (Lipinski definition) is 3. The van der Waals surface area contributed by atoms with E-state index in [-0.39, 0.29) is 29.4 Å². The van der Waals surface area contributed by atoms with E-state index in [0.717, 1.165) is 10.2 Å². The lowest BCUT2D eigenvalue weighted by atomic mass is 9.97. The first-order valence-corrected chi connectivity index (χ1v) is 9.41. The highest BCUT2D eigenvalue weighted by atomic mass is 19.4. The third-order valence-corrected chi connectivity index (χ3v) is 5.10. The number of aromatic nitrogens is 2. The minimum absolute atomic E-state index is 0.0153. The van der Waals surface area contributed by atoms with Gasteiger partial charge in [-0.05, 0) is 42.3 Å². The molecule has 162 valence electrons. The number of halogens is 4. The van der Waals surface area contributed by atoms with Crippen molar-refractivity contribution in [2.75, 3.05) is 10.6 Å². The Bertz CT molecular complexity index is 1130. The van der Waals surface area contributed by atoms with Gasteiger partial charge in [0.15, 0.2) is 11.7 Å². The first-order valence-electron chi connectivity index (χ1n) is 9.41. The molecule has 0 saturated heterocycles. The van der Waals surface area contributed by atoms with Crippen LogP contribution in [0.15, 0.2) is 48.5 Å². The highest BCUT2D eigenvalue weighted by molar-refractivity contribution is 6.04. The molecular weight excluding hydrogens is 416 g/mol. The third-order valence-electron chi connectivity index (χ3n) is 5.10. The number of aryl methyl sites for hydroxylation is 1. The molecular formula is C21H18F4N4O2. The summed E-state index contributed by atoms with van der Waals surface area (Å²) in [5, 5.41) is 19.2. The highest BCUT2D eigenvalue weighted by Gasteiger charge is 2.46. The molecule has 31 heavy (non-hydrogen) atoms. The molecule has 3 aromatic rings. The van der Waals surface area contributed by atoms with Gasteiger partial charge in [0.05, 0.1) is 11.7 Å². The van der Waals surface area contributed by atoms with Crippen LogP contribution in [-0.4, -0.2) is 27.0 Å². The molecule has 1 aliphatic heterocycles. The van der Waals surface area contributed by atoms with E-state index in [4.69, 9.17) is 0 Å². The van der Waals surface area contributed by atoms with E-state index in [2.05, 4.69) is 15.7 Å². The molecule has 1 aromatic heterocycles. The van der Waals surface area contributed by atoms with Gasteiger partial charge in [0.2, 0.25) is 0 Å². The molecule has 2 atom stereocenters. The molecule has 0 fully saturated rings. The lowest BCUT2D eigenvalue weighted by Gasteiger charge is -2.33. The summed E-state index contributed by atoms with van der Waals surface area (Å²) in [6.45, 7) is 1.76. The number of carbonyl (C=O) groups excluding carboxylic acids is 1. The molecule has 6 nitrogen and oxygen atoms in total. The van der Waals surface area contributed by atoms with Gasteiger partial charge in [-0.1, -0.05) is 18.2 Å². The number of fused-ring (bicyclic) bond motifs is 1. The molecule has 2 heterocycles. The van der Waals surface area contributed by atoms with Crippen molar-refractivity contribution in [3.63, 3.8) is 0 Å². The maximum atomic E-state index is 13.7. The number of hydrogen-bond acceptors (Lipinski definition) is 4. The van der Waals surface area contributed by atoms with Crippen molar-refractivity contribution in [2.24, 2.45) is 0 Å². The zero-order valence-corrected chi connectivity index (χ0v) is 16.2. The quantitative estimate of drug-likeness (QED) is 0.403. The summed E-state index contributed by atoms with van der Waals surface area (Å²) >= 11 is 0. The number of benzene rings is 2. The number of carbonyl (C=O) groups is 1. The first-order chi connectivity index (χ1) is 14.6. The van der Waals surface area contributed by atoms with Crippen LogP contribution < -0.4 is 10.6 Å². The fourth-order valence-electron chi connectivity index (χ4n) is 3.53. The number of nitrogens with zero attached hydrogens (tertiary/aromatic N) is 2. The van der Waals surface area contributed by atoms with Crippen molar-refractivity contribution in [1.29, 1.82) is 0 Å². The minimum Gasteiger partial charge on any atom is -0.506 e. The monoisotopic (exact) mass is 434 g/mol. The van der Waals surface area contributed by atoms with E-state index in [1.54, 1.807) is 13.0 Å². The van der Waals surface area contributed by atoms with E-state index in [1.165, 1.54) is 42.5 Å². The molecule has 0 aliphatic carbocycles. The number of phenolic OH excluding ortho intramolecular Hbond substituents is 1. The van der Waals surface area contributed by atoms with Crippen LogP contribution in [0.25, 0.3) is 0 Å². The molecule has 1 aliphatic rings. The summed E-state index contributed by atoms with van der Waals surface area (Å²) in [4.78, 5) is 12.6. The Morgan fingerprint density at radius 2 is 1.90 bits per heavy atom. The summed E-state index contributed by atoms with van der Waals surface area (Å²) in [6.07, 6.45) is -4.98. The zero-order chi connectivity index (χ0) is 22.3. The molecule has 0 unspecified atom stereocenters. The van der Waals surface area contributed by atoms with Gasteiger partial charge >= 0.3 is 6.18 Å². The molecule has 2 aromatic carbocycles. The second-order valence-corrected chi connectivity index (χ2v) is 7.38. The number of nitrogens with one attached hydrogen (secondary N) is 2. The van der Waals surface area contributed by atoms with Gasteiger partial charge in [-0.2, -0.15) is 18.3 Å². The van der Waals surface area contributed by atoms with E-state index in [1.807, 2.05) is 0 Å². The Labute approximate surface area is 174 Å². The van der Waals surface area contributed by atoms with E-state index >= 15 is 0 Å². The second-order valence-electron chi connectivity index (χ2n) is 7.38. The van der Waals surface area contributed by atoms with Gasteiger partial charge in [0.25, 0.3) is 5.91 Å². The predicted molar refractivity (Wildman–Crippen MR) is 105 cm³/mol. The number of anilines is 2. The van der Waals surface area contributed by atoms with Crippen molar-refractivity contribution in [3.8, 4) is 5.75 Å². The van der Waals surface area contributed by atoms with Crippen LogP contribution in [0.5, 0.6) is 5.75 Å². The maximum Gasteiger partial charge on any atom is 0.410 e. The molecule has 10 heteroatoms. The smallest absolute Gasteiger partial charge is 0.410 e. The van der Waals surface area contributed by atoms with Crippen LogP contribution in [0.4, 0.5) is 29.1 Å². The lowest BCUT2D eigenvalue weighted by Crippen LogP contribution is -2.35. The lowest BCUT2D eigenvalue weighted by molar-refractivity contribution is -0.173. The standard InChI is InChI=1S/C21H18F4N4O2/c1-11-2-7-17(30)15(8-11)27-20(31)16-10-19-26-14(12-3-5-13(22)6-4-12)9-18(21(23,24)25)29(19)28-16/h2-8,10,14,18,26,30H,9H2,1H3,(H,27,31)/t14-,18-/m1/s1. The fourth-order valence-corrected chi connectivity index (χ4v) is 3.53. The van der Waals surface area contributed by atoms with E-state index < -0.39 is 30.0 Å². The Morgan fingerprint density at radius 1 is 1.19 bits per heavy atom. The third kappa shape index (κ3) is 4.18. The fraction of sp³-hybridized carbons (Fsp3) is 0.238. The van der Waals surface area contributed by atoms with E-state index in [0.29, 0.717) is 5.56 Å². The van der Waals surface area contributed by atoms with Crippen LogP contribution in [0.1, 0.15) is 40.1 Å². The number of phenols is 1. The van der Waals surface area contributed by atoms with Crippen LogP contribution in [0.3, 0.4) is 0 Å². The van der Waals surface area contributed by atoms with Gasteiger partial charge in [0.1, 0.15) is 17.4 Å². The Kier molecular flexibility index (Phi) is 5.08. The van der Waals surface area contributed by atoms with Crippen molar-refractivity contribution < 1.29 is 27.5 Å². The summed E-state index contributed by atoms with van der Waals surface area (Å²) in [5.74, 6) is -1.41. The molecule has 1 amide bonds. The van der Waals surface area contributed by atoms with E-state index in [9.17, 15) is 27.5 Å². The molecule has 0 saturated carbocycles. The zero-order valence-electron chi connectivity index (χ0n) is 16.2. The number of rotatable bonds is 3. The Morgan fingerprint density at radius 3 is 2.58 bits per heavy atom. The van der Waals surface area contributed by atoms with Gasteiger partial charge in [-0.3, -0.25) is 4.79 Å². The summed E-state index contributed by atoms with van der Waals surface area (Å²) in [7, 11) is 0. The first kappa shape index (κ1) is 20.7. The SMILES string of the molecule is Cc1ccc(O)c(NC(=O)c2cc3n(n2)[C@@H](C(F)(F)F)C[C@H](c2ccc(F)cc2)N3)c1. The normalized spacial score (nSPS) is 18.2. The van der Waals surface area contributed by atoms with Crippen molar-refractivity contribution in [2.45, 2.75) is 31.6 Å². The predicted octanol–water partition coefficient (Wildman–Crippen LogP) is 4.95. The van der Waals surface area contributed by atoms with Gasteiger partial charge < -0.3 is 15.7 Å². The minimum atomic E-state index is -4.61. The van der Waals surface area contributed by atoms with Crippen LogP contribution in [0.2, 0.25) is 0 Å². The largest absolute Gasteiger partial charge is 0.506 e. The van der Waals surface area contributed by atoms with Gasteiger partial charge in [0, 0.05) is 12.5 Å². The summed E-state index contributed by atoms with van der Waals surface area (Å²) in [6, 6.07) is 8.28. The molecule has 4 rings (SSSR count). The van der Waals surface area contributed by atoms with Crippen molar-refractivity contribution >= 4 is 17.4 Å². The summed E-state index contributed by atoms with van der Waals surface area (Å²) < 4.78 is 55.2. The molecule has 0 spiro atoms. The Balaban J connectivity index is 1.65. The second kappa shape index (κ2) is 7.60. The van der Waals surface area contributed by atoms with Gasteiger partial charge in [-0.15, -0.1) is 0 Å². The molecule has 0 radical (unpaired) electrons. The highest BCUT2D eigenvalue weighted by Crippen LogP contribution is 2.43. The molecule has 3 N–H and O–H groups in total. The van der Waals surface area contributed by atoms with Crippen LogP contribution in [0, 0.1) is 12.7 Å². The topological polar surface area (TPSA) is 79.2 Å². The number of aromatic hydroxyl groups is 1. The van der Waals surface area contributed by atoms with Gasteiger partial charge in [-0.25, -0.2) is 9.07 Å². The van der Waals surface area contributed by atoms with Crippen LogP contribution >= 0.6 is 0 Å². The number of amides is 1. The average molecular weight is 434 g/mol. The average Bonchev–Trinajstić information content (AvgIpc) is 3.14. The summed E-state index contributed by atoms with van der Waals surface area (Å²) in [5.41, 5.74) is 1.15.